The molecule has 4 unspecified atom stereocenters. The van der Waals surface area contributed by atoms with Crippen LogP contribution in [0.2, 0.25) is 0 Å². The molecule has 0 aromatic rings. The lowest BCUT2D eigenvalue weighted by Crippen LogP contribution is -2.53. The van der Waals surface area contributed by atoms with E-state index in [4.69, 9.17) is 4.74 Å². The van der Waals surface area contributed by atoms with Crippen LogP contribution in [0.15, 0.2) is 0 Å². The molecule has 0 radical (unpaired) electrons. The Hall–Kier alpha value is -0.860. The predicted molar refractivity (Wildman–Crippen MR) is 111 cm³/mol. The van der Waals surface area contributed by atoms with Gasteiger partial charge in [-0.1, -0.05) is 20.8 Å². The lowest BCUT2D eigenvalue weighted by molar-refractivity contribution is -0.141. The highest BCUT2D eigenvalue weighted by molar-refractivity contribution is 5.79. The molecule has 0 aromatic heterocycles. The van der Waals surface area contributed by atoms with Gasteiger partial charge in [0, 0.05) is 19.3 Å². The first-order valence-electron chi connectivity index (χ1n) is 11.9. The molecule has 28 heavy (non-hydrogen) atoms. The maximum absolute atomic E-state index is 12.1. The average molecular weight is 389 g/mol. The van der Waals surface area contributed by atoms with Gasteiger partial charge in [0.05, 0.1) is 7.11 Å². The zero-order valence-corrected chi connectivity index (χ0v) is 18.5. The fraction of sp³-hybridized carbons (Fsp3) is 0.920. The molecule has 8 atom stereocenters. The van der Waals surface area contributed by atoms with Crippen LogP contribution in [0.25, 0.3) is 0 Å². The average Bonchev–Trinajstić information content (AvgIpc) is 3.03. The molecule has 4 aliphatic carbocycles. The number of methoxy groups -OCH3 is 1. The summed E-state index contributed by atoms with van der Waals surface area (Å²) >= 11 is 0. The van der Waals surface area contributed by atoms with Crippen molar-refractivity contribution in [1.29, 1.82) is 0 Å². The number of hydrogen-bond donors (Lipinski definition) is 0. The van der Waals surface area contributed by atoms with E-state index in [1.54, 1.807) is 0 Å². The topological polar surface area (TPSA) is 43.4 Å². The Labute approximate surface area is 171 Å². The first-order valence-corrected chi connectivity index (χ1v) is 11.9. The molecule has 0 saturated heterocycles. The third-order valence-corrected chi connectivity index (χ3v) is 10.3. The van der Waals surface area contributed by atoms with Crippen molar-refractivity contribution >= 4 is 11.8 Å². The number of fused-ring (bicyclic) bond motifs is 5. The highest BCUT2D eigenvalue weighted by Gasteiger charge is 2.60. The van der Waals surface area contributed by atoms with Gasteiger partial charge in [-0.05, 0) is 97.7 Å². The zero-order valence-electron chi connectivity index (χ0n) is 18.5. The summed E-state index contributed by atoms with van der Waals surface area (Å²) < 4.78 is 4.87. The van der Waals surface area contributed by atoms with Crippen LogP contribution in [-0.4, -0.2) is 18.9 Å². The first kappa shape index (κ1) is 20.4. The van der Waals surface area contributed by atoms with Crippen LogP contribution in [0.5, 0.6) is 0 Å². The molecule has 3 heteroatoms. The van der Waals surface area contributed by atoms with Gasteiger partial charge < -0.3 is 4.74 Å². The Kier molecular flexibility index (Phi) is 5.42. The minimum absolute atomic E-state index is 0.0617. The number of carbonyl (C=O) groups excluding carboxylic acids is 2. The molecule has 0 aromatic carbocycles. The number of carbonyl (C=O) groups is 2. The maximum atomic E-state index is 12.1. The van der Waals surface area contributed by atoms with E-state index in [-0.39, 0.29) is 5.97 Å². The molecular formula is C25H40O3. The van der Waals surface area contributed by atoms with Gasteiger partial charge in [-0.3, -0.25) is 9.59 Å². The van der Waals surface area contributed by atoms with Crippen molar-refractivity contribution in [2.24, 2.45) is 46.3 Å². The number of ether oxygens (including phenoxy) is 1. The molecule has 0 aliphatic heterocycles. The summed E-state index contributed by atoms with van der Waals surface area (Å²) in [5, 5.41) is 0. The monoisotopic (exact) mass is 388 g/mol. The lowest BCUT2D eigenvalue weighted by atomic mass is 9.44. The smallest absolute Gasteiger partial charge is 0.305 e. The summed E-state index contributed by atoms with van der Waals surface area (Å²) in [6.07, 6.45) is 12.4. The quantitative estimate of drug-likeness (QED) is 0.571. The number of hydrogen-bond acceptors (Lipinski definition) is 3. The van der Waals surface area contributed by atoms with Gasteiger partial charge in [0.1, 0.15) is 5.78 Å². The van der Waals surface area contributed by atoms with Crippen molar-refractivity contribution in [2.45, 2.75) is 91.4 Å². The second-order valence-electron chi connectivity index (χ2n) is 11.2. The normalized spacial score (nSPS) is 46.3. The lowest BCUT2D eigenvalue weighted by Gasteiger charge is -2.60. The standard InChI is InChI=1S/C25H40O3/c1-16(5-10-23(27)28-4)20-8-9-21-19-7-6-17-15-18(26)11-13-24(17,2)22(19)12-14-25(20,21)3/h16-17,19-22H,5-15H2,1-4H3/t16?,17-,19+,20?,21?,22?,24+,25-/m1/s1. The molecule has 158 valence electrons. The van der Waals surface area contributed by atoms with Gasteiger partial charge >= 0.3 is 5.97 Å². The minimum atomic E-state index is -0.0617. The van der Waals surface area contributed by atoms with Gasteiger partial charge in [0.25, 0.3) is 0 Å². The van der Waals surface area contributed by atoms with Crippen LogP contribution < -0.4 is 0 Å². The summed E-state index contributed by atoms with van der Waals surface area (Å²) in [5.74, 6) is 5.01. The van der Waals surface area contributed by atoms with Crippen LogP contribution in [0.1, 0.15) is 91.4 Å². The summed E-state index contributed by atoms with van der Waals surface area (Å²) in [4.78, 5) is 23.7. The zero-order chi connectivity index (χ0) is 20.1. The molecule has 0 heterocycles. The van der Waals surface area contributed by atoms with Crippen molar-refractivity contribution in [3.05, 3.63) is 0 Å². The van der Waals surface area contributed by atoms with Crippen molar-refractivity contribution in [1.82, 2.24) is 0 Å². The van der Waals surface area contributed by atoms with E-state index in [9.17, 15) is 9.59 Å². The second-order valence-corrected chi connectivity index (χ2v) is 11.2. The number of rotatable bonds is 4. The molecule has 4 saturated carbocycles. The summed E-state index contributed by atoms with van der Waals surface area (Å²) in [6.45, 7) is 7.49. The summed E-state index contributed by atoms with van der Waals surface area (Å²) in [6, 6.07) is 0. The number of esters is 1. The van der Waals surface area contributed by atoms with Crippen LogP contribution in [-0.2, 0) is 14.3 Å². The second kappa shape index (κ2) is 7.43. The molecule has 4 rings (SSSR count). The molecule has 4 aliphatic rings. The Bertz CT molecular complexity index is 627. The Morgan fingerprint density at radius 1 is 1.07 bits per heavy atom. The third-order valence-electron chi connectivity index (χ3n) is 10.3. The molecule has 0 amide bonds. The van der Waals surface area contributed by atoms with E-state index < -0.39 is 0 Å². The molecule has 0 bridgehead atoms. The Morgan fingerprint density at radius 3 is 2.57 bits per heavy atom. The highest BCUT2D eigenvalue weighted by Crippen LogP contribution is 2.68. The van der Waals surface area contributed by atoms with Crippen LogP contribution in [0.4, 0.5) is 0 Å². The number of Topliss-reactive ketones (excluding diaryl/α,β-unsaturated/α-hetero) is 1. The molecule has 4 fully saturated rings. The summed E-state index contributed by atoms with van der Waals surface area (Å²) in [5.41, 5.74) is 0.858. The van der Waals surface area contributed by atoms with Crippen molar-refractivity contribution in [3.63, 3.8) is 0 Å². The van der Waals surface area contributed by atoms with Crippen LogP contribution >= 0.6 is 0 Å². The van der Waals surface area contributed by atoms with Gasteiger partial charge in [0.2, 0.25) is 0 Å². The SMILES string of the molecule is COC(=O)CCC(C)C1CCC2[C@@H]3CC[C@@H]4CC(=O)CC[C@]4(C)C3CC[C@]12C. The fourth-order valence-electron chi connectivity index (χ4n) is 8.67. The predicted octanol–water partition coefficient (Wildman–Crippen LogP) is 5.80. The highest BCUT2D eigenvalue weighted by atomic mass is 16.5. The maximum Gasteiger partial charge on any atom is 0.305 e. The van der Waals surface area contributed by atoms with E-state index in [0.717, 1.165) is 49.4 Å². The van der Waals surface area contributed by atoms with E-state index in [2.05, 4.69) is 20.8 Å². The largest absolute Gasteiger partial charge is 0.469 e. The van der Waals surface area contributed by atoms with E-state index in [0.29, 0.717) is 34.9 Å². The fourth-order valence-corrected chi connectivity index (χ4v) is 8.67. The van der Waals surface area contributed by atoms with Gasteiger partial charge in [-0.2, -0.15) is 0 Å². The molecule has 0 N–H and O–H groups in total. The minimum Gasteiger partial charge on any atom is -0.469 e. The molecule has 0 spiro atoms. The van der Waals surface area contributed by atoms with Crippen LogP contribution in [0.3, 0.4) is 0 Å². The van der Waals surface area contributed by atoms with Gasteiger partial charge in [-0.15, -0.1) is 0 Å². The van der Waals surface area contributed by atoms with Gasteiger partial charge in [0.15, 0.2) is 0 Å². The number of ketones is 1. The first-order chi connectivity index (χ1) is 13.3. The molecular weight excluding hydrogens is 348 g/mol. The van der Waals surface area contributed by atoms with Crippen molar-refractivity contribution in [2.75, 3.05) is 7.11 Å². The molecule has 3 nitrogen and oxygen atoms in total. The van der Waals surface area contributed by atoms with Crippen LogP contribution in [0, 0.1) is 46.3 Å². The van der Waals surface area contributed by atoms with Gasteiger partial charge in [-0.25, -0.2) is 0 Å². The van der Waals surface area contributed by atoms with E-state index in [1.165, 1.54) is 45.6 Å². The van der Waals surface area contributed by atoms with Crippen molar-refractivity contribution in [3.8, 4) is 0 Å². The summed E-state index contributed by atoms with van der Waals surface area (Å²) in [7, 11) is 1.50. The van der Waals surface area contributed by atoms with Crippen molar-refractivity contribution < 1.29 is 14.3 Å². The van der Waals surface area contributed by atoms with E-state index >= 15 is 0 Å². The van der Waals surface area contributed by atoms with E-state index in [1.807, 2.05) is 0 Å². The Morgan fingerprint density at radius 2 is 1.82 bits per heavy atom. The third kappa shape index (κ3) is 3.16. The Balaban J connectivity index is 1.49.